The van der Waals surface area contributed by atoms with E-state index < -0.39 is 5.60 Å². The van der Waals surface area contributed by atoms with Gasteiger partial charge in [-0.05, 0) is 38.0 Å². The van der Waals surface area contributed by atoms with Crippen molar-refractivity contribution < 1.29 is 10.2 Å². The number of fused-ring (bicyclic) bond motifs is 1. The molecule has 0 aromatic carbocycles. The Bertz CT molecular complexity index is 202. The summed E-state index contributed by atoms with van der Waals surface area (Å²) in [4.78, 5) is 0. The van der Waals surface area contributed by atoms with Crippen LogP contribution in [-0.4, -0.2) is 21.9 Å². The SMILES string of the molecule is CC(O)CC1C2CCCCCCC21O. The first-order valence-electron chi connectivity index (χ1n) is 6.05. The van der Waals surface area contributed by atoms with E-state index in [1.54, 1.807) is 0 Å². The minimum Gasteiger partial charge on any atom is -0.393 e. The first-order valence-corrected chi connectivity index (χ1v) is 6.05. The molecule has 0 aromatic rings. The molecule has 2 heteroatoms. The smallest absolute Gasteiger partial charge is 0.0712 e. The second-order valence-electron chi connectivity index (χ2n) is 5.24. The average molecular weight is 198 g/mol. The highest BCUT2D eigenvalue weighted by Gasteiger charge is 2.62. The third kappa shape index (κ3) is 1.82. The lowest BCUT2D eigenvalue weighted by Crippen LogP contribution is -2.15. The molecule has 0 spiro atoms. The first-order chi connectivity index (χ1) is 6.64. The van der Waals surface area contributed by atoms with Gasteiger partial charge in [0.1, 0.15) is 0 Å². The third-order valence-electron chi connectivity index (χ3n) is 4.10. The average Bonchev–Trinajstić information content (AvgIpc) is 2.56. The van der Waals surface area contributed by atoms with Gasteiger partial charge in [-0.1, -0.05) is 25.7 Å². The lowest BCUT2D eigenvalue weighted by atomic mass is 9.99. The molecule has 4 atom stereocenters. The Hall–Kier alpha value is -0.0800. The summed E-state index contributed by atoms with van der Waals surface area (Å²) < 4.78 is 0. The lowest BCUT2D eigenvalue weighted by Gasteiger charge is -2.14. The molecule has 0 amide bonds. The molecular weight excluding hydrogens is 176 g/mol. The van der Waals surface area contributed by atoms with Crippen molar-refractivity contribution >= 4 is 0 Å². The van der Waals surface area contributed by atoms with Crippen molar-refractivity contribution in [3.8, 4) is 0 Å². The van der Waals surface area contributed by atoms with Gasteiger partial charge in [0, 0.05) is 0 Å². The standard InChI is InChI=1S/C12H22O2/c1-9(13)8-11-10-6-4-2-3-5-7-12(10,11)14/h9-11,13-14H,2-8H2,1H3. The molecule has 2 aliphatic carbocycles. The molecule has 2 nitrogen and oxygen atoms in total. The monoisotopic (exact) mass is 198 g/mol. The molecule has 4 unspecified atom stereocenters. The van der Waals surface area contributed by atoms with Crippen LogP contribution >= 0.6 is 0 Å². The van der Waals surface area contributed by atoms with Crippen molar-refractivity contribution in [1.82, 2.24) is 0 Å². The second kappa shape index (κ2) is 3.82. The molecule has 2 N–H and O–H groups in total. The molecule has 0 aliphatic heterocycles. The van der Waals surface area contributed by atoms with Gasteiger partial charge in [-0.15, -0.1) is 0 Å². The molecule has 2 rings (SSSR count). The molecule has 0 saturated heterocycles. The second-order valence-corrected chi connectivity index (χ2v) is 5.24. The van der Waals surface area contributed by atoms with Crippen molar-refractivity contribution in [3.63, 3.8) is 0 Å². The van der Waals surface area contributed by atoms with Gasteiger partial charge in [-0.2, -0.15) is 0 Å². The number of rotatable bonds is 2. The van der Waals surface area contributed by atoms with Crippen molar-refractivity contribution in [1.29, 1.82) is 0 Å². The molecule has 0 aromatic heterocycles. The van der Waals surface area contributed by atoms with Crippen molar-refractivity contribution in [3.05, 3.63) is 0 Å². The topological polar surface area (TPSA) is 40.5 Å². The van der Waals surface area contributed by atoms with E-state index in [9.17, 15) is 10.2 Å². The fraction of sp³-hybridized carbons (Fsp3) is 1.00. The van der Waals surface area contributed by atoms with Crippen LogP contribution in [0.25, 0.3) is 0 Å². The van der Waals surface area contributed by atoms with Gasteiger partial charge < -0.3 is 10.2 Å². The molecule has 2 saturated carbocycles. The van der Waals surface area contributed by atoms with E-state index in [1.165, 1.54) is 32.1 Å². The Morgan fingerprint density at radius 2 is 2.00 bits per heavy atom. The summed E-state index contributed by atoms with van der Waals surface area (Å²) in [7, 11) is 0. The molecular formula is C12H22O2. The molecule has 0 bridgehead atoms. The van der Waals surface area contributed by atoms with E-state index in [0.717, 1.165) is 12.8 Å². The number of aliphatic hydroxyl groups is 2. The number of aliphatic hydroxyl groups excluding tert-OH is 1. The Labute approximate surface area is 86.3 Å². The Balaban J connectivity index is 1.94. The summed E-state index contributed by atoms with van der Waals surface area (Å²) in [6.45, 7) is 1.83. The molecule has 2 fully saturated rings. The van der Waals surface area contributed by atoms with E-state index in [-0.39, 0.29) is 6.10 Å². The lowest BCUT2D eigenvalue weighted by molar-refractivity contribution is 0.0867. The summed E-state index contributed by atoms with van der Waals surface area (Å²) >= 11 is 0. The molecule has 2 aliphatic rings. The van der Waals surface area contributed by atoms with Gasteiger partial charge in [-0.25, -0.2) is 0 Å². The minimum absolute atomic E-state index is 0.253. The van der Waals surface area contributed by atoms with Crippen LogP contribution in [0.1, 0.15) is 51.9 Å². The van der Waals surface area contributed by atoms with Gasteiger partial charge >= 0.3 is 0 Å². The number of hydrogen-bond acceptors (Lipinski definition) is 2. The number of hydrogen-bond donors (Lipinski definition) is 2. The van der Waals surface area contributed by atoms with Crippen LogP contribution in [0, 0.1) is 11.8 Å². The van der Waals surface area contributed by atoms with Crippen LogP contribution in [0.3, 0.4) is 0 Å². The third-order valence-corrected chi connectivity index (χ3v) is 4.10. The predicted molar refractivity (Wildman–Crippen MR) is 55.9 cm³/mol. The summed E-state index contributed by atoms with van der Waals surface area (Å²) in [5.41, 5.74) is -0.391. The van der Waals surface area contributed by atoms with Crippen molar-refractivity contribution in [2.24, 2.45) is 11.8 Å². The summed E-state index contributed by atoms with van der Waals surface area (Å²) in [5, 5.41) is 19.7. The first kappa shape index (κ1) is 10.4. The maximum Gasteiger partial charge on any atom is 0.0712 e. The molecule has 0 heterocycles. The largest absolute Gasteiger partial charge is 0.393 e. The van der Waals surface area contributed by atoms with Crippen LogP contribution in [0.2, 0.25) is 0 Å². The van der Waals surface area contributed by atoms with Crippen LogP contribution in [-0.2, 0) is 0 Å². The van der Waals surface area contributed by atoms with Gasteiger partial charge in [-0.3, -0.25) is 0 Å². The highest BCUT2D eigenvalue weighted by Crippen LogP contribution is 2.59. The maximum absolute atomic E-state index is 10.4. The normalized spacial score (nSPS) is 44.8. The summed E-state index contributed by atoms with van der Waals surface area (Å²) in [6, 6.07) is 0. The van der Waals surface area contributed by atoms with E-state index in [0.29, 0.717) is 11.8 Å². The highest BCUT2D eigenvalue weighted by atomic mass is 16.3. The Kier molecular flexibility index (Phi) is 2.85. The van der Waals surface area contributed by atoms with Gasteiger partial charge in [0.2, 0.25) is 0 Å². The van der Waals surface area contributed by atoms with E-state index in [1.807, 2.05) is 6.92 Å². The van der Waals surface area contributed by atoms with E-state index >= 15 is 0 Å². The van der Waals surface area contributed by atoms with Gasteiger partial charge in [0.05, 0.1) is 11.7 Å². The fourth-order valence-corrected chi connectivity index (χ4v) is 3.27. The maximum atomic E-state index is 10.4. The minimum atomic E-state index is -0.391. The zero-order valence-corrected chi connectivity index (χ0v) is 9.08. The van der Waals surface area contributed by atoms with Crippen LogP contribution in [0.5, 0.6) is 0 Å². The quantitative estimate of drug-likeness (QED) is 0.713. The summed E-state index contributed by atoms with van der Waals surface area (Å²) in [6.07, 6.45) is 7.72. The summed E-state index contributed by atoms with van der Waals surface area (Å²) in [5.74, 6) is 0.887. The Morgan fingerprint density at radius 1 is 1.29 bits per heavy atom. The predicted octanol–water partition coefficient (Wildman–Crippen LogP) is 2.09. The highest BCUT2D eigenvalue weighted by molar-refractivity contribution is 5.12. The molecule has 14 heavy (non-hydrogen) atoms. The van der Waals surface area contributed by atoms with Crippen LogP contribution in [0.15, 0.2) is 0 Å². The molecule has 0 radical (unpaired) electrons. The van der Waals surface area contributed by atoms with Crippen LogP contribution in [0.4, 0.5) is 0 Å². The zero-order valence-electron chi connectivity index (χ0n) is 9.08. The van der Waals surface area contributed by atoms with Gasteiger partial charge in [0.15, 0.2) is 0 Å². The van der Waals surface area contributed by atoms with Gasteiger partial charge in [0.25, 0.3) is 0 Å². The van der Waals surface area contributed by atoms with Crippen LogP contribution < -0.4 is 0 Å². The fourth-order valence-electron chi connectivity index (χ4n) is 3.27. The van der Waals surface area contributed by atoms with Crippen molar-refractivity contribution in [2.75, 3.05) is 0 Å². The Morgan fingerprint density at radius 3 is 2.71 bits per heavy atom. The van der Waals surface area contributed by atoms with Crippen molar-refractivity contribution in [2.45, 2.75) is 63.6 Å². The molecule has 82 valence electrons. The zero-order chi connectivity index (χ0) is 10.2. The van der Waals surface area contributed by atoms with E-state index in [4.69, 9.17) is 0 Å². The van der Waals surface area contributed by atoms with E-state index in [2.05, 4.69) is 0 Å².